The molecule has 0 spiro atoms. The molecular formula is C22H22N2O4S. The van der Waals surface area contributed by atoms with E-state index in [9.17, 15) is 13.2 Å². The second-order valence-corrected chi connectivity index (χ2v) is 8.47. The highest BCUT2D eigenvalue weighted by atomic mass is 32.2. The smallest absolute Gasteiger partial charge is 0.255 e. The number of nitrogens with zero attached hydrogens (tertiary/aromatic N) is 1. The van der Waals surface area contributed by atoms with Gasteiger partial charge in [0.05, 0.1) is 17.7 Å². The summed E-state index contributed by atoms with van der Waals surface area (Å²) in [6, 6.07) is 22.3. The number of ether oxygens (including phenoxy) is 1. The SMILES string of the molecule is COc1ccccc1NC(=O)c1ccc(S(=O)(=O)N(C)Cc2ccccc2)cc1. The molecule has 0 unspecified atom stereocenters. The van der Waals surface area contributed by atoms with Gasteiger partial charge in [-0.05, 0) is 42.0 Å². The Bertz CT molecular complexity index is 1080. The molecule has 0 aliphatic carbocycles. The molecule has 0 aromatic heterocycles. The van der Waals surface area contributed by atoms with Crippen LogP contribution in [-0.2, 0) is 16.6 Å². The summed E-state index contributed by atoms with van der Waals surface area (Å²) >= 11 is 0. The Morgan fingerprint density at radius 1 is 0.931 bits per heavy atom. The fourth-order valence-electron chi connectivity index (χ4n) is 2.83. The van der Waals surface area contributed by atoms with Crippen molar-refractivity contribution in [3.05, 3.63) is 90.0 Å². The number of sulfonamides is 1. The number of amides is 1. The Balaban J connectivity index is 1.74. The number of methoxy groups -OCH3 is 1. The van der Waals surface area contributed by atoms with Gasteiger partial charge < -0.3 is 10.1 Å². The van der Waals surface area contributed by atoms with Crippen molar-refractivity contribution in [1.29, 1.82) is 0 Å². The van der Waals surface area contributed by atoms with E-state index in [4.69, 9.17) is 4.74 Å². The third-order valence-electron chi connectivity index (χ3n) is 4.43. The number of hydrogen-bond acceptors (Lipinski definition) is 4. The van der Waals surface area contributed by atoms with Gasteiger partial charge in [-0.15, -0.1) is 0 Å². The maximum Gasteiger partial charge on any atom is 0.255 e. The molecule has 0 aliphatic heterocycles. The average molecular weight is 410 g/mol. The van der Waals surface area contributed by atoms with Gasteiger partial charge in [-0.3, -0.25) is 4.79 Å². The predicted molar refractivity (Wildman–Crippen MR) is 112 cm³/mol. The zero-order valence-corrected chi connectivity index (χ0v) is 17.0. The molecular weight excluding hydrogens is 388 g/mol. The van der Waals surface area contributed by atoms with Gasteiger partial charge in [0.15, 0.2) is 0 Å². The molecule has 3 aromatic rings. The maximum atomic E-state index is 12.8. The minimum absolute atomic E-state index is 0.129. The van der Waals surface area contributed by atoms with Crippen molar-refractivity contribution >= 4 is 21.6 Å². The van der Waals surface area contributed by atoms with E-state index >= 15 is 0 Å². The number of para-hydroxylation sites is 2. The van der Waals surface area contributed by atoms with Crippen molar-refractivity contribution in [2.24, 2.45) is 0 Å². The standard InChI is InChI=1S/C22H22N2O4S/c1-24(16-17-8-4-3-5-9-17)29(26,27)19-14-12-18(13-15-19)22(25)23-20-10-6-7-11-21(20)28-2/h3-15H,16H2,1-2H3,(H,23,25). The molecule has 0 aliphatic rings. The fraction of sp³-hybridized carbons (Fsp3) is 0.136. The van der Waals surface area contributed by atoms with E-state index in [0.717, 1.165) is 5.56 Å². The van der Waals surface area contributed by atoms with Gasteiger partial charge in [0, 0.05) is 19.2 Å². The summed E-state index contributed by atoms with van der Waals surface area (Å²) in [4.78, 5) is 12.6. The van der Waals surface area contributed by atoms with Crippen LogP contribution in [0, 0.1) is 0 Å². The van der Waals surface area contributed by atoms with Gasteiger partial charge in [-0.2, -0.15) is 4.31 Å². The van der Waals surface area contributed by atoms with Crippen LogP contribution in [0.1, 0.15) is 15.9 Å². The van der Waals surface area contributed by atoms with Gasteiger partial charge in [-0.25, -0.2) is 8.42 Å². The second kappa shape index (κ2) is 8.89. The molecule has 0 atom stereocenters. The number of carbonyl (C=O) groups excluding carboxylic acids is 1. The first kappa shape index (κ1) is 20.6. The van der Waals surface area contributed by atoms with Crippen LogP contribution in [0.5, 0.6) is 5.75 Å². The molecule has 0 saturated carbocycles. The third-order valence-corrected chi connectivity index (χ3v) is 6.25. The summed E-state index contributed by atoms with van der Waals surface area (Å²) in [5.74, 6) is 0.193. The van der Waals surface area contributed by atoms with Crippen molar-refractivity contribution in [3.8, 4) is 5.75 Å². The van der Waals surface area contributed by atoms with Crippen LogP contribution >= 0.6 is 0 Å². The highest BCUT2D eigenvalue weighted by molar-refractivity contribution is 7.89. The Hall–Kier alpha value is -3.16. The number of carbonyl (C=O) groups is 1. The zero-order valence-electron chi connectivity index (χ0n) is 16.2. The molecule has 0 saturated heterocycles. The number of rotatable bonds is 7. The quantitative estimate of drug-likeness (QED) is 0.643. The van der Waals surface area contributed by atoms with E-state index in [1.165, 1.54) is 42.7 Å². The van der Waals surface area contributed by atoms with Crippen molar-refractivity contribution < 1.29 is 17.9 Å². The van der Waals surface area contributed by atoms with Gasteiger partial charge in [0.25, 0.3) is 5.91 Å². The molecule has 3 aromatic carbocycles. The fourth-order valence-corrected chi connectivity index (χ4v) is 3.99. The van der Waals surface area contributed by atoms with Crippen LogP contribution in [0.25, 0.3) is 0 Å². The van der Waals surface area contributed by atoms with E-state index in [0.29, 0.717) is 17.0 Å². The second-order valence-electron chi connectivity index (χ2n) is 6.43. The van der Waals surface area contributed by atoms with Gasteiger partial charge in [0.2, 0.25) is 10.0 Å². The largest absolute Gasteiger partial charge is 0.495 e. The van der Waals surface area contributed by atoms with Crippen molar-refractivity contribution in [2.45, 2.75) is 11.4 Å². The van der Waals surface area contributed by atoms with E-state index in [-0.39, 0.29) is 17.3 Å². The maximum absolute atomic E-state index is 12.8. The Morgan fingerprint density at radius 3 is 2.21 bits per heavy atom. The van der Waals surface area contributed by atoms with Crippen LogP contribution in [-0.4, -0.2) is 32.8 Å². The molecule has 6 nitrogen and oxygen atoms in total. The zero-order chi connectivity index (χ0) is 20.9. The number of benzene rings is 3. The van der Waals surface area contributed by atoms with Gasteiger partial charge in [-0.1, -0.05) is 42.5 Å². The normalized spacial score (nSPS) is 11.3. The number of hydrogen-bond donors (Lipinski definition) is 1. The Morgan fingerprint density at radius 2 is 1.55 bits per heavy atom. The van der Waals surface area contributed by atoms with Crippen LogP contribution in [0.3, 0.4) is 0 Å². The molecule has 150 valence electrons. The first-order valence-electron chi connectivity index (χ1n) is 8.96. The summed E-state index contributed by atoms with van der Waals surface area (Å²) in [5, 5.41) is 2.77. The van der Waals surface area contributed by atoms with Crippen LogP contribution < -0.4 is 10.1 Å². The lowest BCUT2D eigenvalue weighted by Crippen LogP contribution is -2.26. The minimum atomic E-state index is -3.67. The van der Waals surface area contributed by atoms with Crippen LogP contribution in [0.4, 0.5) is 5.69 Å². The highest BCUT2D eigenvalue weighted by Gasteiger charge is 2.21. The molecule has 0 bridgehead atoms. The van der Waals surface area contributed by atoms with E-state index < -0.39 is 10.0 Å². The number of anilines is 1. The summed E-state index contributed by atoms with van der Waals surface area (Å²) in [6.07, 6.45) is 0. The molecule has 7 heteroatoms. The number of nitrogens with one attached hydrogen (secondary N) is 1. The topological polar surface area (TPSA) is 75.7 Å². The lowest BCUT2D eigenvalue weighted by molar-refractivity contribution is 0.102. The first-order chi connectivity index (χ1) is 13.9. The highest BCUT2D eigenvalue weighted by Crippen LogP contribution is 2.24. The summed E-state index contributed by atoms with van der Waals surface area (Å²) < 4.78 is 32.1. The average Bonchev–Trinajstić information content (AvgIpc) is 2.75. The molecule has 29 heavy (non-hydrogen) atoms. The predicted octanol–water partition coefficient (Wildman–Crippen LogP) is 3.77. The van der Waals surface area contributed by atoms with E-state index in [2.05, 4.69) is 5.32 Å². The van der Waals surface area contributed by atoms with Crippen molar-refractivity contribution in [2.75, 3.05) is 19.5 Å². The monoisotopic (exact) mass is 410 g/mol. The third kappa shape index (κ3) is 4.82. The lowest BCUT2D eigenvalue weighted by atomic mass is 10.2. The summed E-state index contributed by atoms with van der Waals surface area (Å²) in [5.41, 5.74) is 1.78. The van der Waals surface area contributed by atoms with E-state index in [1.54, 1.807) is 24.3 Å². The lowest BCUT2D eigenvalue weighted by Gasteiger charge is -2.17. The molecule has 0 heterocycles. The van der Waals surface area contributed by atoms with Gasteiger partial charge in [0.1, 0.15) is 5.75 Å². The van der Waals surface area contributed by atoms with Crippen LogP contribution in [0.15, 0.2) is 83.8 Å². The Labute approximate surface area is 170 Å². The van der Waals surface area contributed by atoms with Gasteiger partial charge >= 0.3 is 0 Å². The van der Waals surface area contributed by atoms with Crippen molar-refractivity contribution in [1.82, 2.24) is 4.31 Å². The Kier molecular flexibility index (Phi) is 6.31. The molecule has 0 fully saturated rings. The summed E-state index contributed by atoms with van der Waals surface area (Å²) in [7, 11) is -0.611. The van der Waals surface area contributed by atoms with Crippen molar-refractivity contribution in [3.63, 3.8) is 0 Å². The molecule has 0 radical (unpaired) electrons. The van der Waals surface area contributed by atoms with E-state index in [1.807, 2.05) is 30.3 Å². The first-order valence-corrected chi connectivity index (χ1v) is 10.4. The molecule has 1 amide bonds. The summed E-state index contributed by atoms with van der Waals surface area (Å²) in [6.45, 7) is 0.263. The molecule has 3 rings (SSSR count). The molecule has 1 N–H and O–H groups in total. The van der Waals surface area contributed by atoms with Crippen LogP contribution in [0.2, 0.25) is 0 Å². The minimum Gasteiger partial charge on any atom is -0.495 e.